The highest BCUT2D eigenvalue weighted by Crippen LogP contribution is 2.41. The molecule has 0 saturated carbocycles. The van der Waals surface area contributed by atoms with Crippen LogP contribution in [0.25, 0.3) is 0 Å². The van der Waals surface area contributed by atoms with Gasteiger partial charge in [0.25, 0.3) is 0 Å². The van der Waals surface area contributed by atoms with Crippen LogP contribution in [-0.2, 0) is 15.6 Å². The Kier molecular flexibility index (Phi) is 5.99. The molecule has 0 saturated heterocycles. The first kappa shape index (κ1) is 21.1. The van der Waals surface area contributed by atoms with Crippen LogP contribution in [0.2, 0.25) is 0 Å². The Bertz CT molecular complexity index is 685. The van der Waals surface area contributed by atoms with Crippen LogP contribution in [0.3, 0.4) is 0 Å². The van der Waals surface area contributed by atoms with Crippen molar-refractivity contribution in [3.8, 4) is 5.75 Å². The molecule has 0 spiro atoms. The summed E-state index contributed by atoms with van der Waals surface area (Å²) in [5.74, 6) is 0.369. The Labute approximate surface area is 152 Å². The van der Waals surface area contributed by atoms with Crippen molar-refractivity contribution in [1.29, 1.82) is 0 Å². The van der Waals surface area contributed by atoms with Crippen LogP contribution in [0.15, 0.2) is 23.5 Å². The third-order valence-electron chi connectivity index (χ3n) is 4.66. The lowest BCUT2D eigenvalue weighted by molar-refractivity contribution is -0.116. The van der Waals surface area contributed by atoms with Crippen molar-refractivity contribution in [2.24, 2.45) is 11.5 Å². The molecule has 0 amide bonds. The number of ether oxygens (including phenoxy) is 1. The van der Waals surface area contributed by atoms with E-state index in [0.717, 1.165) is 16.9 Å². The standard InChI is InChI=1S/C21H34N2O2/c1-12(17(24)13(2)19(22)23)15-10-14(20(3,4)5)11-16(18(15)25-9)21(6,7)8/h10-12H,22-23H2,1-9H3. The molecule has 1 aromatic carbocycles. The number of nitrogens with two attached hydrogens (primary N) is 2. The lowest BCUT2D eigenvalue weighted by atomic mass is 9.76. The molecule has 0 aromatic heterocycles. The zero-order valence-electron chi connectivity index (χ0n) is 17.2. The van der Waals surface area contributed by atoms with E-state index in [9.17, 15) is 4.79 Å². The van der Waals surface area contributed by atoms with Gasteiger partial charge in [-0.3, -0.25) is 4.79 Å². The molecule has 0 heterocycles. The predicted molar refractivity (Wildman–Crippen MR) is 105 cm³/mol. The van der Waals surface area contributed by atoms with Crippen molar-refractivity contribution >= 4 is 5.78 Å². The van der Waals surface area contributed by atoms with E-state index in [1.165, 1.54) is 5.56 Å². The highest BCUT2D eigenvalue weighted by molar-refractivity contribution is 6.00. The first-order valence-corrected chi connectivity index (χ1v) is 8.70. The number of carbonyl (C=O) groups is 1. The van der Waals surface area contributed by atoms with Crippen LogP contribution >= 0.6 is 0 Å². The van der Waals surface area contributed by atoms with Gasteiger partial charge in [-0.25, -0.2) is 0 Å². The van der Waals surface area contributed by atoms with E-state index in [1.54, 1.807) is 14.0 Å². The van der Waals surface area contributed by atoms with E-state index in [-0.39, 0.29) is 28.4 Å². The molecule has 4 N–H and O–H groups in total. The number of allylic oxidation sites excluding steroid dienone is 1. The second kappa shape index (κ2) is 7.11. The number of ketones is 1. The fraction of sp³-hybridized carbons (Fsp3) is 0.571. The fourth-order valence-electron chi connectivity index (χ4n) is 2.80. The molecule has 1 atom stereocenters. The van der Waals surface area contributed by atoms with Crippen molar-refractivity contribution in [2.45, 2.75) is 72.1 Å². The first-order valence-electron chi connectivity index (χ1n) is 8.70. The smallest absolute Gasteiger partial charge is 0.169 e. The number of methoxy groups -OCH3 is 1. The normalized spacial score (nSPS) is 13.3. The van der Waals surface area contributed by atoms with E-state index in [2.05, 4.69) is 53.7 Å². The van der Waals surface area contributed by atoms with Gasteiger partial charge in [-0.05, 0) is 23.3 Å². The number of Topliss-reactive ketones (excluding diaryl/α,β-unsaturated/α-hetero) is 1. The highest BCUT2D eigenvalue weighted by Gasteiger charge is 2.30. The number of hydrogen-bond donors (Lipinski definition) is 2. The summed E-state index contributed by atoms with van der Waals surface area (Å²) < 4.78 is 5.75. The molecule has 1 unspecified atom stereocenters. The predicted octanol–water partition coefficient (Wildman–Crippen LogP) is 4.11. The molecule has 0 aliphatic heterocycles. The van der Waals surface area contributed by atoms with Crippen molar-refractivity contribution in [3.63, 3.8) is 0 Å². The van der Waals surface area contributed by atoms with Crippen LogP contribution < -0.4 is 16.2 Å². The van der Waals surface area contributed by atoms with E-state index in [0.29, 0.717) is 5.57 Å². The van der Waals surface area contributed by atoms with Gasteiger partial charge in [0.05, 0.1) is 12.9 Å². The number of rotatable bonds is 4. The van der Waals surface area contributed by atoms with Gasteiger partial charge in [0.2, 0.25) is 0 Å². The molecule has 1 rings (SSSR count). The number of carbonyl (C=O) groups excluding carboxylic acids is 1. The Balaban J connectivity index is 3.73. The van der Waals surface area contributed by atoms with Gasteiger partial charge in [-0.15, -0.1) is 0 Å². The molecular formula is C21H34N2O2. The summed E-state index contributed by atoms with van der Waals surface area (Å²) in [6.07, 6.45) is 0. The summed E-state index contributed by atoms with van der Waals surface area (Å²) in [5.41, 5.74) is 14.7. The van der Waals surface area contributed by atoms with Gasteiger partial charge in [-0.2, -0.15) is 0 Å². The monoisotopic (exact) mass is 346 g/mol. The second-order valence-electron chi connectivity index (χ2n) is 8.81. The Morgan fingerprint density at radius 1 is 1.04 bits per heavy atom. The maximum atomic E-state index is 12.8. The van der Waals surface area contributed by atoms with E-state index in [4.69, 9.17) is 16.2 Å². The molecular weight excluding hydrogens is 312 g/mol. The topological polar surface area (TPSA) is 78.3 Å². The van der Waals surface area contributed by atoms with Crippen molar-refractivity contribution in [3.05, 3.63) is 40.2 Å². The average molecular weight is 347 g/mol. The lowest BCUT2D eigenvalue weighted by Crippen LogP contribution is -2.23. The van der Waals surface area contributed by atoms with Gasteiger partial charge < -0.3 is 16.2 Å². The quantitative estimate of drug-likeness (QED) is 0.804. The van der Waals surface area contributed by atoms with Crippen LogP contribution in [0.1, 0.15) is 78.0 Å². The van der Waals surface area contributed by atoms with E-state index >= 15 is 0 Å². The molecule has 1 aromatic rings. The summed E-state index contributed by atoms with van der Waals surface area (Å²) in [6.45, 7) is 16.5. The van der Waals surface area contributed by atoms with Crippen LogP contribution in [0.4, 0.5) is 0 Å². The average Bonchev–Trinajstić information content (AvgIpc) is 2.49. The molecule has 0 aliphatic carbocycles. The third-order valence-corrected chi connectivity index (χ3v) is 4.66. The van der Waals surface area contributed by atoms with E-state index in [1.807, 2.05) is 6.92 Å². The summed E-state index contributed by atoms with van der Waals surface area (Å²) in [6, 6.07) is 4.27. The van der Waals surface area contributed by atoms with Gasteiger partial charge >= 0.3 is 0 Å². The summed E-state index contributed by atoms with van der Waals surface area (Å²) in [5, 5.41) is 0. The zero-order chi connectivity index (χ0) is 19.7. The van der Waals surface area contributed by atoms with Gasteiger partial charge in [0.1, 0.15) is 5.75 Å². The maximum absolute atomic E-state index is 12.8. The Morgan fingerprint density at radius 3 is 1.92 bits per heavy atom. The Hall–Kier alpha value is -1.97. The third kappa shape index (κ3) is 4.56. The Morgan fingerprint density at radius 2 is 1.56 bits per heavy atom. The SMILES string of the molecule is COc1c(C(C)C(=O)C(C)=C(N)N)cc(C(C)(C)C)cc1C(C)(C)C. The molecule has 0 aliphatic rings. The highest BCUT2D eigenvalue weighted by atomic mass is 16.5. The lowest BCUT2D eigenvalue weighted by Gasteiger charge is -2.30. The fourth-order valence-corrected chi connectivity index (χ4v) is 2.80. The van der Waals surface area contributed by atoms with Gasteiger partial charge in [0.15, 0.2) is 5.78 Å². The van der Waals surface area contributed by atoms with Crippen LogP contribution in [0.5, 0.6) is 5.75 Å². The van der Waals surface area contributed by atoms with Crippen LogP contribution in [-0.4, -0.2) is 12.9 Å². The first-order chi connectivity index (χ1) is 11.2. The summed E-state index contributed by atoms with van der Waals surface area (Å²) in [7, 11) is 1.65. The molecule has 0 fully saturated rings. The molecule has 0 radical (unpaired) electrons. The minimum absolute atomic E-state index is 0.0401. The zero-order valence-corrected chi connectivity index (χ0v) is 17.2. The van der Waals surface area contributed by atoms with E-state index < -0.39 is 0 Å². The molecule has 4 heteroatoms. The number of benzene rings is 1. The summed E-state index contributed by atoms with van der Waals surface area (Å²) in [4.78, 5) is 12.8. The molecule has 25 heavy (non-hydrogen) atoms. The van der Waals surface area contributed by atoms with Gasteiger partial charge in [0, 0.05) is 22.6 Å². The minimum Gasteiger partial charge on any atom is -0.496 e. The molecule has 140 valence electrons. The summed E-state index contributed by atoms with van der Waals surface area (Å²) >= 11 is 0. The van der Waals surface area contributed by atoms with Crippen molar-refractivity contribution in [2.75, 3.05) is 7.11 Å². The molecule has 0 bridgehead atoms. The maximum Gasteiger partial charge on any atom is 0.169 e. The minimum atomic E-state index is -0.388. The number of hydrogen-bond acceptors (Lipinski definition) is 4. The molecule has 4 nitrogen and oxygen atoms in total. The largest absolute Gasteiger partial charge is 0.496 e. The van der Waals surface area contributed by atoms with Crippen LogP contribution in [0, 0.1) is 0 Å². The van der Waals surface area contributed by atoms with Gasteiger partial charge in [-0.1, -0.05) is 60.6 Å². The van der Waals surface area contributed by atoms with Crippen molar-refractivity contribution in [1.82, 2.24) is 0 Å². The van der Waals surface area contributed by atoms with Crippen molar-refractivity contribution < 1.29 is 9.53 Å². The second-order valence-corrected chi connectivity index (χ2v) is 8.81.